The molecule has 4 heteroatoms. The van der Waals surface area contributed by atoms with Gasteiger partial charge in [-0.1, -0.05) is 0 Å². The zero-order valence-corrected chi connectivity index (χ0v) is 9.69. The summed E-state index contributed by atoms with van der Waals surface area (Å²) in [6.45, 7) is 1.12. The molecule has 2 aromatic rings. The minimum absolute atomic E-state index is 0.205. The molecule has 1 N–H and O–H groups in total. The SMILES string of the molecule is Fc1ccc2sc(CC3CCCN3)nc2c1. The molecule has 1 aromatic heterocycles. The lowest BCUT2D eigenvalue weighted by atomic mass is 10.2. The Labute approximate surface area is 97.5 Å². The Bertz CT molecular complexity index is 503. The third kappa shape index (κ3) is 1.95. The van der Waals surface area contributed by atoms with Crippen LogP contribution < -0.4 is 5.32 Å². The third-order valence-corrected chi connectivity index (χ3v) is 4.04. The summed E-state index contributed by atoms with van der Waals surface area (Å²) in [5.41, 5.74) is 0.790. The highest BCUT2D eigenvalue weighted by Gasteiger charge is 2.16. The van der Waals surface area contributed by atoms with Crippen LogP contribution in [0.2, 0.25) is 0 Å². The molecule has 84 valence electrons. The van der Waals surface area contributed by atoms with Crippen LogP contribution in [0, 0.1) is 5.82 Å². The van der Waals surface area contributed by atoms with Gasteiger partial charge in [-0.2, -0.15) is 0 Å². The fraction of sp³-hybridized carbons (Fsp3) is 0.417. The van der Waals surface area contributed by atoms with E-state index in [0.717, 1.165) is 28.2 Å². The molecule has 0 saturated carbocycles. The zero-order valence-electron chi connectivity index (χ0n) is 8.87. The molecule has 1 atom stereocenters. The van der Waals surface area contributed by atoms with Gasteiger partial charge in [-0.25, -0.2) is 9.37 Å². The largest absolute Gasteiger partial charge is 0.314 e. The molecule has 0 amide bonds. The minimum Gasteiger partial charge on any atom is -0.314 e. The van der Waals surface area contributed by atoms with Crippen LogP contribution in [0.3, 0.4) is 0 Å². The first-order valence-electron chi connectivity index (χ1n) is 5.59. The van der Waals surface area contributed by atoms with Gasteiger partial charge in [-0.3, -0.25) is 0 Å². The van der Waals surface area contributed by atoms with Crippen molar-refractivity contribution in [2.24, 2.45) is 0 Å². The van der Waals surface area contributed by atoms with Crippen molar-refractivity contribution in [1.82, 2.24) is 10.3 Å². The van der Waals surface area contributed by atoms with E-state index in [2.05, 4.69) is 10.3 Å². The first kappa shape index (κ1) is 10.2. The fourth-order valence-corrected chi connectivity index (χ4v) is 3.20. The summed E-state index contributed by atoms with van der Waals surface area (Å²) < 4.78 is 14.1. The molecule has 0 aliphatic carbocycles. The van der Waals surface area contributed by atoms with Gasteiger partial charge >= 0.3 is 0 Å². The van der Waals surface area contributed by atoms with Crippen molar-refractivity contribution in [1.29, 1.82) is 0 Å². The van der Waals surface area contributed by atoms with Crippen LogP contribution in [-0.2, 0) is 6.42 Å². The van der Waals surface area contributed by atoms with E-state index in [4.69, 9.17) is 0 Å². The first-order chi connectivity index (χ1) is 7.81. The van der Waals surface area contributed by atoms with E-state index < -0.39 is 0 Å². The average molecular weight is 236 g/mol. The summed E-state index contributed by atoms with van der Waals surface area (Å²) in [4.78, 5) is 4.48. The molecule has 1 fully saturated rings. The Morgan fingerprint density at radius 1 is 1.50 bits per heavy atom. The molecule has 0 radical (unpaired) electrons. The Morgan fingerprint density at radius 2 is 2.44 bits per heavy atom. The second-order valence-electron chi connectivity index (χ2n) is 4.22. The standard InChI is InChI=1S/C12H13FN2S/c13-8-3-4-11-10(6-8)15-12(16-11)7-9-2-1-5-14-9/h3-4,6,9,14H,1-2,5,7H2. The molecular weight excluding hydrogens is 223 g/mol. The summed E-state index contributed by atoms with van der Waals surface area (Å²) in [5, 5.41) is 4.56. The van der Waals surface area contributed by atoms with Gasteiger partial charge in [0.1, 0.15) is 5.82 Å². The summed E-state index contributed by atoms with van der Waals surface area (Å²) in [6, 6.07) is 5.38. The second-order valence-corrected chi connectivity index (χ2v) is 5.33. The highest BCUT2D eigenvalue weighted by Crippen LogP contribution is 2.24. The van der Waals surface area contributed by atoms with Gasteiger partial charge in [-0.05, 0) is 31.5 Å². The number of rotatable bonds is 2. The summed E-state index contributed by atoms with van der Waals surface area (Å²) >= 11 is 1.68. The van der Waals surface area contributed by atoms with Crippen molar-refractivity contribution in [2.45, 2.75) is 25.3 Å². The van der Waals surface area contributed by atoms with Crippen molar-refractivity contribution in [3.63, 3.8) is 0 Å². The van der Waals surface area contributed by atoms with E-state index >= 15 is 0 Å². The zero-order chi connectivity index (χ0) is 11.0. The van der Waals surface area contributed by atoms with E-state index in [1.807, 2.05) is 6.07 Å². The molecule has 16 heavy (non-hydrogen) atoms. The Hall–Kier alpha value is -1.00. The molecule has 2 nitrogen and oxygen atoms in total. The molecule has 1 saturated heterocycles. The number of halogens is 1. The van der Waals surface area contributed by atoms with E-state index in [1.54, 1.807) is 11.3 Å². The Balaban J connectivity index is 1.86. The first-order valence-corrected chi connectivity index (χ1v) is 6.41. The lowest BCUT2D eigenvalue weighted by Gasteiger charge is -2.05. The molecular formula is C12H13FN2S. The highest BCUT2D eigenvalue weighted by molar-refractivity contribution is 7.18. The van der Waals surface area contributed by atoms with Crippen LogP contribution in [0.15, 0.2) is 18.2 Å². The molecule has 1 aliphatic rings. The number of hydrogen-bond donors (Lipinski definition) is 1. The molecule has 1 aliphatic heterocycles. The van der Waals surface area contributed by atoms with Crippen LogP contribution in [-0.4, -0.2) is 17.6 Å². The van der Waals surface area contributed by atoms with Gasteiger partial charge in [0.25, 0.3) is 0 Å². The van der Waals surface area contributed by atoms with Gasteiger partial charge in [0.05, 0.1) is 15.2 Å². The van der Waals surface area contributed by atoms with Crippen LogP contribution in [0.4, 0.5) is 4.39 Å². The maximum atomic E-state index is 13.0. The monoisotopic (exact) mass is 236 g/mol. The maximum absolute atomic E-state index is 13.0. The van der Waals surface area contributed by atoms with E-state index in [-0.39, 0.29) is 5.82 Å². The number of nitrogens with one attached hydrogen (secondary N) is 1. The van der Waals surface area contributed by atoms with E-state index in [0.29, 0.717) is 6.04 Å². The average Bonchev–Trinajstić information content (AvgIpc) is 2.86. The molecule has 0 spiro atoms. The van der Waals surface area contributed by atoms with Crippen LogP contribution >= 0.6 is 11.3 Å². The maximum Gasteiger partial charge on any atom is 0.125 e. The van der Waals surface area contributed by atoms with Crippen LogP contribution in [0.25, 0.3) is 10.2 Å². The highest BCUT2D eigenvalue weighted by atomic mass is 32.1. The van der Waals surface area contributed by atoms with Gasteiger partial charge in [0.2, 0.25) is 0 Å². The quantitative estimate of drug-likeness (QED) is 0.867. The predicted octanol–water partition coefficient (Wildman–Crippen LogP) is 2.73. The van der Waals surface area contributed by atoms with Crippen molar-refractivity contribution < 1.29 is 4.39 Å². The molecule has 3 rings (SSSR count). The summed E-state index contributed by atoms with van der Waals surface area (Å²) in [7, 11) is 0. The van der Waals surface area contributed by atoms with Gasteiger partial charge < -0.3 is 5.32 Å². The lowest BCUT2D eigenvalue weighted by Crippen LogP contribution is -2.23. The van der Waals surface area contributed by atoms with Crippen molar-refractivity contribution in [2.75, 3.05) is 6.54 Å². The summed E-state index contributed by atoms with van der Waals surface area (Å²) in [6.07, 6.45) is 3.45. The number of thiazole rings is 1. The smallest absolute Gasteiger partial charge is 0.125 e. The van der Waals surface area contributed by atoms with Gasteiger partial charge in [0, 0.05) is 18.5 Å². The number of fused-ring (bicyclic) bond motifs is 1. The van der Waals surface area contributed by atoms with Crippen LogP contribution in [0.5, 0.6) is 0 Å². The Morgan fingerprint density at radius 3 is 3.25 bits per heavy atom. The molecule has 0 bridgehead atoms. The van der Waals surface area contributed by atoms with Crippen molar-refractivity contribution >= 4 is 21.6 Å². The van der Waals surface area contributed by atoms with Gasteiger partial charge in [-0.15, -0.1) is 11.3 Å². The molecule has 2 heterocycles. The molecule has 1 aromatic carbocycles. The number of nitrogens with zero attached hydrogens (tertiary/aromatic N) is 1. The molecule has 1 unspecified atom stereocenters. The van der Waals surface area contributed by atoms with E-state index in [1.165, 1.54) is 25.0 Å². The topological polar surface area (TPSA) is 24.9 Å². The second kappa shape index (κ2) is 4.11. The predicted molar refractivity (Wildman–Crippen MR) is 64.3 cm³/mol. The van der Waals surface area contributed by atoms with Crippen molar-refractivity contribution in [3.8, 4) is 0 Å². The number of aromatic nitrogens is 1. The number of benzene rings is 1. The number of hydrogen-bond acceptors (Lipinski definition) is 3. The fourth-order valence-electron chi connectivity index (χ4n) is 2.18. The third-order valence-electron chi connectivity index (χ3n) is 2.98. The normalized spacial score (nSPS) is 20.7. The summed E-state index contributed by atoms with van der Waals surface area (Å²) in [5.74, 6) is -0.205. The van der Waals surface area contributed by atoms with Crippen LogP contribution in [0.1, 0.15) is 17.8 Å². The van der Waals surface area contributed by atoms with Crippen molar-refractivity contribution in [3.05, 3.63) is 29.0 Å². The van der Waals surface area contributed by atoms with E-state index in [9.17, 15) is 4.39 Å². The minimum atomic E-state index is -0.205. The van der Waals surface area contributed by atoms with Gasteiger partial charge in [0.15, 0.2) is 0 Å². The Kier molecular flexibility index (Phi) is 2.61. The lowest BCUT2D eigenvalue weighted by molar-refractivity contribution is 0.602.